The first-order chi connectivity index (χ1) is 14.1. The van der Waals surface area contributed by atoms with E-state index in [4.69, 9.17) is 0 Å². The predicted octanol–water partition coefficient (Wildman–Crippen LogP) is 5.37. The number of para-hydroxylation sites is 2. The molecule has 2 N–H and O–H groups in total. The maximum absolute atomic E-state index is 12.4. The summed E-state index contributed by atoms with van der Waals surface area (Å²) >= 11 is 0. The molecule has 0 aliphatic rings. The Bertz CT molecular complexity index is 1430. The van der Waals surface area contributed by atoms with Crippen molar-refractivity contribution in [3.63, 3.8) is 0 Å². The van der Waals surface area contributed by atoms with Gasteiger partial charge in [-0.3, -0.25) is 4.79 Å². The molecule has 1 amide bonds. The van der Waals surface area contributed by atoms with Gasteiger partial charge in [0.05, 0.1) is 11.9 Å². The number of nitrogens with zero attached hydrogens (tertiary/aromatic N) is 3. The first-order valence-electron chi connectivity index (χ1n) is 9.32. The van der Waals surface area contributed by atoms with Crippen LogP contribution in [-0.4, -0.2) is 20.6 Å². The summed E-state index contributed by atoms with van der Waals surface area (Å²) in [4.78, 5) is 15.2. The molecule has 6 nitrogen and oxygen atoms in total. The lowest BCUT2D eigenvalue weighted by Gasteiger charge is -2.01. The van der Waals surface area contributed by atoms with Crippen LogP contribution < -0.4 is 0 Å². The Morgan fingerprint density at radius 1 is 0.966 bits per heavy atom. The highest BCUT2D eigenvalue weighted by atomic mass is 16.3. The number of hydrogen-bond acceptors (Lipinski definition) is 3. The maximum atomic E-state index is 12.4. The van der Waals surface area contributed by atoms with E-state index in [1.54, 1.807) is 0 Å². The number of aryl methyl sites for hydroxylation is 1. The molecular formula is C23H18N4O2. The van der Waals surface area contributed by atoms with Crippen molar-refractivity contribution < 1.29 is 9.90 Å². The highest BCUT2D eigenvalue weighted by Gasteiger charge is 2.12. The number of hydrogen-bond donors (Lipinski definition) is 2. The average molecular weight is 382 g/mol. The summed E-state index contributed by atoms with van der Waals surface area (Å²) in [7, 11) is 2.02. The highest BCUT2D eigenvalue weighted by molar-refractivity contribution is 6.08. The molecule has 0 saturated heterocycles. The second-order valence-electron chi connectivity index (χ2n) is 7.07. The van der Waals surface area contributed by atoms with E-state index < -0.39 is 0 Å². The summed E-state index contributed by atoms with van der Waals surface area (Å²) in [6.45, 7) is 0. The molecule has 0 radical (unpaired) electrons. The zero-order chi connectivity index (χ0) is 20.0. The lowest BCUT2D eigenvalue weighted by molar-refractivity contribution is -0.117. The van der Waals surface area contributed by atoms with Crippen LogP contribution in [0.15, 0.2) is 77.0 Å². The minimum Gasteiger partial charge on any atom is -0.493 e. The SMILES string of the molecule is Cn1c2ccccc2c2ccc(CC(=O)N=Nc3c(O)[nH]c4ccccc34)cc21. The first-order valence-corrected chi connectivity index (χ1v) is 9.32. The van der Waals surface area contributed by atoms with Gasteiger partial charge in [0.2, 0.25) is 5.88 Å². The van der Waals surface area contributed by atoms with Crippen LogP contribution in [0.25, 0.3) is 32.7 Å². The van der Waals surface area contributed by atoms with Gasteiger partial charge < -0.3 is 14.7 Å². The fourth-order valence-corrected chi connectivity index (χ4v) is 3.85. The zero-order valence-electron chi connectivity index (χ0n) is 15.8. The third-order valence-corrected chi connectivity index (χ3v) is 5.26. The Labute approximate surface area is 166 Å². The second kappa shape index (κ2) is 6.60. The van der Waals surface area contributed by atoms with Crippen molar-refractivity contribution in [2.75, 3.05) is 0 Å². The molecule has 0 spiro atoms. The number of aromatic amines is 1. The number of benzene rings is 3. The predicted molar refractivity (Wildman–Crippen MR) is 114 cm³/mol. The van der Waals surface area contributed by atoms with Gasteiger partial charge in [0.1, 0.15) is 0 Å². The van der Waals surface area contributed by atoms with E-state index in [-0.39, 0.29) is 23.9 Å². The van der Waals surface area contributed by atoms with E-state index in [9.17, 15) is 9.90 Å². The number of nitrogens with one attached hydrogen (secondary N) is 1. The molecular weight excluding hydrogens is 364 g/mol. The molecule has 0 bridgehead atoms. The summed E-state index contributed by atoms with van der Waals surface area (Å²) < 4.78 is 2.13. The molecule has 0 aliphatic heterocycles. The van der Waals surface area contributed by atoms with Gasteiger partial charge in [-0.2, -0.15) is 0 Å². The van der Waals surface area contributed by atoms with Crippen molar-refractivity contribution in [1.82, 2.24) is 9.55 Å². The third kappa shape index (κ3) is 2.86. The molecule has 0 aliphatic carbocycles. The fourth-order valence-electron chi connectivity index (χ4n) is 3.85. The molecule has 5 aromatic rings. The van der Waals surface area contributed by atoms with E-state index in [1.165, 1.54) is 5.39 Å². The first kappa shape index (κ1) is 17.2. The van der Waals surface area contributed by atoms with Crippen molar-refractivity contribution in [2.45, 2.75) is 6.42 Å². The molecule has 6 heteroatoms. The van der Waals surface area contributed by atoms with Crippen molar-refractivity contribution >= 4 is 44.3 Å². The summed E-state index contributed by atoms with van der Waals surface area (Å²) in [6, 6.07) is 21.6. The number of amides is 1. The summed E-state index contributed by atoms with van der Waals surface area (Å²) in [5.74, 6) is -0.465. The molecule has 0 saturated carbocycles. The Balaban J connectivity index is 1.44. The second-order valence-corrected chi connectivity index (χ2v) is 7.07. The van der Waals surface area contributed by atoms with Gasteiger partial charge >= 0.3 is 0 Å². The van der Waals surface area contributed by atoms with Crippen LogP contribution in [0.3, 0.4) is 0 Å². The lowest BCUT2D eigenvalue weighted by atomic mass is 10.1. The van der Waals surface area contributed by atoms with Crippen molar-refractivity contribution in [1.29, 1.82) is 0 Å². The minimum absolute atomic E-state index is 0.0975. The molecule has 0 unspecified atom stereocenters. The van der Waals surface area contributed by atoms with Crippen LogP contribution >= 0.6 is 0 Å². The van der Waals surface area contributed by atoms with E-state index in [1.807, 2.05) is 61.6 Å². The molecule has 0 atom stereocenters. The van der Waals surface area contributed by atoms with E-state index in [0.717, 1.165) is 32.9 Å². The Morgan fingerprint density at radius 2 is 1.69 bits per heavy atom. The number of carbonyl (C=O) groups excluding carboxylic acids is 1. The Morgan fingerprint density at radius 3 is 2.55 bits per heavy atom. The minimum atomic E-state index is -0.368. The fraction of sp³-hybridized carbons (Fsp3) is 0.0870. The monoisotopic (exact) mass is 382 g/mol. The highest BCUT2D eigenvalue weighted by Crippen LogP contribution is 2.35. The van der Waals surface area contributed by atoms with Crippen molar-refractivity contribution in [2.24, 2.45) is 17.3 Å². The molecule has 142 valence electrons. The summed E-state index contributed by atoms with van der Waals surface area (Å²) in [5.41, 5.74) is 4.12. The number of rotatable bonds is 3. The van der Waals surface area contributed by atoms with Crippen LogP contribution in [0.4, 0.5) is 5.69 Å². The van der Waals surface area contributed by atoms with Crippen LogP contribution in [0.1, 0.15) is 5.56 Å². The van der Waals surface area contributed by atoms with Crippen LogP contribution in [-0.2, 0) is 18.3 Å². The van der Waals surface area contributed by atoms with Crippen LogP contribution in [0.2, 0.25) is 0 Å². The number of fused-ring (bicyclic) bond motifs is 4. The smallest absolute Gasteiger partial charge is 0.269 e. The van der Waals surface area contributed by atoms with Crippen molar-refractivity contribution in [3.8, 4) is 5.88 Å². The number of carbonyl (C=O) groups is 1. The Kier molecular flexibility index (Phi) is 3.91. The number of aromatic nitrogens is 2. The quantitative estimate of drug-likeness (QED) is 0.411. The van der Waals surface area contributed by atoms with Gasteiger partial charge in [0.25, 0.3) is 5.91 Å². The van der Waals surface area contributed by atoms with Gasteiger partial charge in [-0.25, -0.2) is 0 Å². The van der Waals surface area contributed by atoms with E-state index in [2.05, 4.69) is 31.9 Å². The van der Waals surface area contributed by atoms with Gasteiger partial charge in [0, 0.05) is 34.2 Å². The summed E-state index contributed by atoms with van der Waals surface area (Å²) in [5, 5.41) is 20.9. The standard InChI is InChI=1S/C23H18N4O2/c1-27-19-9-5-3-6-15(19)16-11-10-14(12-20(16)27)13-21(28)25-26-22-17-7-2-4-8-18(17)24-23(22)29/h2-12,24,29H,13H2,1H3. The van der Waals surface area contributed by atoms with Gasteiger partial charge in [-0.1, -0.05) is 48.5 Å². The van der Waals surface area contributed by atoms with Gasteiger partial charge in [-0.15, -0.1) is 10.2 Å². The number of azo groups is 1. The summed E-state index contributed by atoms with van der Waals surface area (Å²) in [6.07, 6.45) is 0.143. The molecule has 2 heterocycles. The molecule has 0 fully saturated rings. The normalized spacial score (nSPS) is 11.9. The zero-order valence-corrected chi connectivity index (χ0v) is 15.8. The topological polar surface area (TPSA) is 82.7 Å². The third-order valence-electron chi connectivity index (χ3n) is 5.26. The maximum Gasteiger partial charge on any atom is 0.269 e. The van der Waals surface area contributed by atoms with Crippen molar-refractivity contribution in [3.05, 3.63) is 72.3 Å². The molecule has 29 heavy (non-hydrogen) atoms. The van der Waals surface area contributed by atoms with Gasteiger partial charge in [0.15, 0.2) is 5.69 Å². The largest absolute Gasteiger partial charge is 0.493 e. The number of H-pyrrole nitrogens is 1. The van der Waals surface area contributed by atoms with Crippen LogP contribution in [0.5, 0.6) is 5.88 Å². The lowest BCUT2D eigenvalue weighted by Crippen LogP contribution is -1.98. The molecule has 2 aromatic heterocycles. The Hall–Kier alpha value is -3.93. The van der Waals surface area contributed by atoms with Gasteiger partial charge in [-0.05, 0) is 23.8 Å². The van der Waals surface area contributed by atoms with Crippen LogP contribution in [0, 0.1) is 0 Å². The molecule has 3 aromatic carbocycles. The number of aromatic hydroxyl groups is 1. The average Bonchev–Trinajstić information content (AvgIpc) is 3.20. The molecule has 5 rings (SSSR count). The van der Waals surface area contributed by atoms with E-state index >= 15 is 0 Å². The van der Waals surface area contributed by atoms with E-state index in [0.29, 0.717) is 0 Å².